The Kier molecular flexibility index (Phi) is 5.65. The molecular formula is C21H20N4O3S2. The number of rotatable bonds is 5. The fourth-order valence-electron chi connectivity index (χ4n) is 3.08. The highest BCUT2D eigenvalue weighted by Crippen LogP contribution is 2.28. The van der Waals surface area contributed by atoms with E-state index in [1.165, 1.54) is 23.5 Å². The van der Waals surface area contributed by atoms with Crippen LogP contribution >= 0.6 is 11.3 Å². The van der Waals surface area contributed by atoms with Gasteiger partial charge < -0.3 is 5.32 Å². The standard InChI is InChI=1S/C21H20N4O3S2/c1-14-19(29-21(23-14)15-7-3-2-4-8-15)20(26)24-16-9-5-10-17(13-16)30(27,28)25-18-11-6-12-22-18/h2-5,7-10,13H,6,11-12H2,1H3,(H,22,25)(H,24,26). The topological polar surface area (TPSA) is 101 Å². The van der Waals surface area contributed by atoms with Gasteiger partial charge in [-0.05, 0) is 31.5 Å². The summed E-state index contributed by atoms with van der Waals surface area (Å²) in [5.41, 5.74) is 1.96. The van der Waals surface area contributed by atoms with Crippen molar-refractivity contribution < 1.29 is 13.2 Å². The monoisotopic (exact) mass is 440 g/mol. The Morgan fingerprint density at radius 3 is 2.63 bits per heavy atom. The van der Waals surface area contributed by atoms with E-state index in [4.69, 9.17) is 0 Å². The Hall–Kier alpha value is -3.04. The molecule has 30 heavy (non-hydrogen) atoms. The van der Waals surface area contributed by atoms with Crippen LogP contribution < -0.4 is 10.0 Å². The van der Waals surface area contributed by atoms with Crippen LogP contribution in [0.15, 0.2) is 64.5 Å². The molecule has 0 saturated carbocycles. The second-order valence-electron chi connectivity index (χ2n) is 6.82. The minimum atomic E-state index is -3.75. The number of nitrogens with zero attached hydrogens (tertiary/aromatic N) is 2. The molecule has 154 valence electrons. The summed E-state index contributed by atoms with van der Waals surface area (Å²) >= 11 is 1.30. The molecule has 1 amide bonds. The van der Waals surface area contributed by atoms with Crippen molar-refractivity contribution >= 4 is 38.8 Å². The van der Waals surface area contributed by atoms with Gasteiger partial charge in [0.2, 0.25) is 0 Å². The molecule has 9 heteroatoms. The zero-order valence-corrected chi connectivity index (χ0v) is 17.9. The molecule has 2 aromatic carbocycles. The minimum Gasteiger partial charge on any atom is -0.321 e. The van der Waals surface area contributed by atoms with Gasteiger partial charge in [0.25, 0.3) is 15.9 Å². The van der Waals surface area contributed by atoms with Crippen molar-refractivity contribution in [3.05, 3.63) is 65.2 Å². The van der Waals surface area contributed by atoms with Crippen LogP contribution in [-0.4, -0.2) is 31.7 Å². The first-order chi connectivity index (χ1) is 14.4. The summed E-state index contributed by atoms with van der Waals surface area (Å²) < 4.78 is 27.7. The zero-order valence-electron chi connectivity index (χ0n) is 16.3. The first kappa shape index (κ1) is 20.2. The van der Waals surface area contributed by atoms with Gasteiger partial charge in [0.1, 0.15) is 15.7 Å². The molecule has 0 saturated heterocycles. The molecule has 1 aliphatic heterocycles. The summed E-state index contributed by atoms with van der Waals surface area (Å²) in [5.74, 6) is 0.146. The number of amides is 1. The van der Waals surface area contributed by atoms with Crippen molar-refractivity contribution in [2.24, 2.45) is 4.99 Å². The molecule has 2 heterocycles. The predicted molar refractivity (Wildman–Crippen MR) is 119 cm³/mol. The van der Waals surface area contributed by atoms with Crippen molar-refractivity contribution in [1.29, 1.82) is 0 Å². The SMILES string of the molecule is Cc1nc(-c2ccccc2)sc1C(=O)Nc1cccc(S(=O)(=O)NC2=NCCC2)c1. The lowest BCUT2D eigenvalue weighted by atomic mass is 10.2. The van der Waals surface area contributed by atoms with Crippen molar-refractivity contribution in [1.82, 2.24) is 9.71 Å². The molecule has 3 aromatic rings. The quantitative estimate of drug-likeness (QED) is 0.629. The van der Waals surface area contributed by atoms with Crippen LogP contribution in [0.4, 0.5) is 5.69 Å². The van der Waals surface area contributed by atoms with Crippen molar-refractivity contribution in [2.45, 2.75) is 24.7 Å². The molecule has 0 unspecified atom stereocenters. The molecule has 0 bridgehead atoms. The summed E-state index contributed by atoms with van der Waals surface area (Å²) in [4.78, 5) is 22.0. The average Bonchev–Trinajstić information content (AvgIpc) is 3.38. The largest absolute Gasteiger partial charge is 0.321 e. The highest BCUT2D eigenvalue weighted by atomic mass is 32.2. The molecular weight excluding hydrogens is 420 g/mol. The Balaban J connectivity index is 1.53. The number of carbonyl (C=O) groups excluding carboxylic acids is 1. The number of amidine groups is 1. The minimum absolute atomic E-state index is 0.0703. The van der Waals surface area contributed by atoms with E-state index in [1.807, 2.05) is 30.3 Å². The van der Waals surface area contributed by atoms with Gasteiger partial charge in [-0.2, -0.15) is 0 Å². The lowest BCUT2D eigenvalue weighted by Gasteiger charge is -2.10. The highest BCUT2D eigenvalue weighted by molar-refractivity contribution is 7.90. The predicted octanol–water partition coefficient (Wildman–Crippen LogP) is 3.84. The normalized spacial score (nSPS) is 13.7. The van der Waals surface area contributed by atoms with E-state index in [1.54, 1.807) is 19.1 Å². The second kappa shape index (κ2) is 8.37. The van der Waals surface area contributed by atoms with Gasteiger partial charge in [-0.25, -0.2) is 13.4 Å². The third-order valence-electron chi connectivity index (χ3n) is 4.55. The molecule has 1 aromatic heterocycles. The van der Waals surface area contributed by atoms with Crippen molar-refractivity contribution in [3.63, 3.8) is 0 Å². The van der Waals surface area contributed by atoms with E-state index in [2.05, 4.69) is 20.0 Å². The number of aliphatic imine (C=N–C) groups is 1. The van der Waals surface area contributed by atoms with Crippen LogP contribution in [0.2, 0.25) is 0 Å². The number of aromatic nitrogens is 1. The van der Waals surface area contributed by atoms with Crippen LogP contribution in [0.25, 0.3) is 10.6 Å². The molecule has 0 fully saturated rings. The Morgan fingerprint density at radius 1 is 1.10 bits per heavy atom. The zero-order chi connectivity index (χ0) is 21.1. The van der Waals surface area contributed by atoms with Crippen LogP contribution in [0.3, 0.4) is 0 Å². The summed E-state index contributed by atoms with van der Waals surface area (Å²) in [6.07, 6.45) is 1.46. The van der Waals surface area contributed by atoms with E-state index in [0.29, 0.717) is 35.1 Å². The molecule has 4 rings (SSSR count). The number of thiazole rings is 1. The Labute approximate surface area is 179 Å². The van der Waals surface area contributed by atoms with E-state index < -0.39 is 10.0 Å². The van der Waals surface area contributed by atoms with Gasteiger partial charge in [-0.3, -0.25) is 14.5 Å². The molecule has 0 aliphatic carbocycles. The van der Waals surface area contributed by atoms with Crippen molar-refractivity contribution in [3.8, 4) is 10.6 Å². The molecule has 7 nitrogen and oxygen atoms in total. The maximum absolute atomic E-state index is 12.8. The number of nitrogens with one attached hydrogen (secondary N) is 2. The summed E-state index contributed by atoms with van der Waals surface area (Å²) in [6.45, 7) is 2.41. The smallest absolute Gasteiger partial charge is 0.267 e. The number of sulfonamides is 1. The van der Waals surface area contributed by atoms with E-state index >= 15 is 0 Å². The van der Waals surface area contributed by atoms with Crippen LogP contribution in [0.5, 0.6) is 0 Å². The van der Waals surface area contributed by atoms with Crippen molar-refractivity contribution in [2.75, 3.05) is 11.9 Å². The van der Waals surface area contributed by atoms with Gasteiger partial charge in [0.15, 0.2) is 0 Å². The lowest BCUT2D eigenvalue weighted by molar-refractivity contribution is 0.102. The van der Waals surface area contributed by atoms with Gasteiger partial charge in [-0.1, -0.05) is 36.4 Å². The molecule has 2 N–H and O–H groups in total. The first-order valence-corrected chi connectivity index (χ1v) is 11.7. The number of anilines is 1. The maximum Gasteiger partial charge on any atom is 0.267 e. The summed E-state index contributed by atoms with van der Waals surface area (Å²) in [5, 5.41) is 3.54. The highest BCUT2D eigenvalue weighted by Gasteiger charge is 2.20. The maximum atomic E-state index is 12.8. The van der Waals surface area contributed by atoms with Gasteiger partial charge in [-0.15, -0.1) is 11.3 Å². The van der Waals surface area contributed by atoms with Crippen LogP contribution in [0.1, 0.15) is 28.2 Å². The Morgan fingerprint density at radius 2 is 1.90 bits per heavy atom. The lowest BCUT2D eigenvalue weighted by Crippen LogP contribution is -2.29. The molecule has 0 atom stereocenters. The second-order valence-corrected chi connectivity index (χ2v) is 9.50. The van der Waals surface area contributed by atoms with Gasteiger partial charge >= 0.3 is 0 Å². The summed E-state index contributed by atoms with van der Waals surface area (Å²) in [7, 11) is -3.75. The first-order valence-electron chi connectivity index (χ1n) is 9.43. The fourth-order valence-corrected chi connectivity index (χ4v) is 5.18. The number of benzene rings is 2. The van der Waals surface area contributed by atoms with Gasteiger partial charge in [0, 0.05) is 24.2 Å². The molecule has 0 spiro atoms. The number of hydrogen-bond donors (Lipinski definition) is 2. The molecule has 0 radical (unpaired) electrons. The summed E-state index contributed by atoms with van der Waals surface area (Å²) in [6, 6.07) is 15.8. The average molecular weight is 441 g/mol. The van der Waals surface area contributed by atoms with E-state index in [-0.39, 0.29) is 10.8 Å². The fraction of sp³-hybridized carbons (Fsp3) is 0.190. The third-order valence-corrected chi connectivity index (χ3v) is 7.14. The number of carbonyl (C=O) groups is 1. The van der Waals surface area contributed by atoms with Crippen LogP contribution in [0, 0.1) is 6.92 Å². The third kappa shape index (κ3) is 4.42. The van der Waals surface area contributed by atoms with Crippen LogP contribution in [-0.2, 0) is 10.0 Å². The molecule has 1 aliphatic rings. The van der Waals surface area contributed by atoms with E-state index in [0.717, 1.165) is 17.0 Å². The number of hydrogen-bond acceptors (Lipinski definition) is 6. The number of aryl methyl sites for hydroxylation is 1. The van der Waals surface area contributed by atoms with Gasteiger partial charge in [0.05, 0.1) is 10.6 Å². The Bertz CT molecular complexity index is 1220. The van der Waals surface area contributed by atoms with E-state index in [9.17, 15) is 13.2 Å².